The van der Waals surface area contributed by atoms with Crippen LogP contribution in [0.1, 0.15) is 24.8 Å². The smallest absolute Gasteiger partial charge is 0.326 e. The molecule has 1 atom stereocenters. The van der Waals surface area contributed by atoms with E-state index in [0.717, 1.165) is 10.5 Å². The molecule has 1 saturated heterocycles. The fourth-order valence-corrected chi connectivity index (χ4v) is 3.83. The minimum Gasteiger partial charge on any atom is -0.468 e. The van der Waals surface area contributed by atoms with Crippen LogP contribution in [0.25, 0.3) is 0 Å². The fourth-order valence-electron chi connectivity index (χ4n) is 3.83. The number of likely N-dealkylation sites (tertiary alicyclic amines) is 1. The van der Waals surface area contributed by atoms with Crippen LogP contribution in [0.4, 0.5) is 0 Å². The molecule has 1 saturated carbocycles. The van der Waals surface area contributed by atoms with E-state index >= 15 is 0 Å². The lowest BCUT2D eigenvalue weighted by atomic mass is 9.59. The zero-order valence-corrected chi connectivity index (χ0v) is 15.3. The number of hydrogen-bond acceptors (Lipinski definition) is 6. The van der Waals surface area contributed by atoms with E-state index in [-0.39, 0.29) is 19.3 Å². The highest BCUT2D eigenvalue weighted by atomic mass is 16.5. The van der Waals surface area contributed by atoms with Crippen LogP contribution in [-0.4, -0.2) is 48.9 Å². The zero-order chi connectivity index (χ0) is 19.6. The van der Waals surface area contributed by atoms with Crippen LogP contribution in [0.2, 0.25) is 0 Å². The molecular weight excluding hydrogens is 350 g/mol. The molecular formula is C20H21NO6. The molecule has 0 N–H and O–H groups in total. The highest BCUT2D eigenvalue weighted by Gasteiger charge is 2.67. The average molecular weight is 371 g/mol. The van der Waals surface area contributed by atoms with E-state index in [1.54, 1.807) is 0 Å². The summed E-state index contributed by atoms with van der Waals surface area (Å²) in [6.45, 7) is 0. The molecule has 1 aliphatic carbocycles. The number of imide groups is 1. The van der Waals surface area contributed by atoms with Crippen molar-refractivity contribution in [3.05, 3.63) is 47.5 Å². The first-order valence-corrected chi connectivity index (χ1v) is 8.70. The van der Waals surface area contributed by atoms with Crippen molar-refractivity contribution in [1.82, 2.24) is 4.90 Å². The van der Waals surface area contributed by atoms with Gasteiger partial charge < -0.3 is 9.47 Å². The average Bonchev–Trinajstić information content (AvgIpc) is 2.99. The van der Waals surface area contributed by atoms with Crippen LogP contribution in [0.15, 0.2) is 42.0 Å². The molecule has 1 heterocycles. The van der Waals surface area contributed by atoms with Crippen molar-refractivity contribution >= 4 is 23.8 Å². The van der Waals surface area contributed by atoms with Gasteiger partial charge in [0, 0.05) is 12.8 Å². The first-order chi connectivity index (χ1) is 13.0. The third kappa shape index (κ3) is 3.03. The highest BCUT2D eigenvalue weighted by Crippen LogP contribution is 2.51. The number of methoxy groups -OCH3 is 2. The largest absolute Gasteiger partial charge is 0.468 e. The van der Waals surface area contributed by atoms with Gasteiger partial charge in [0.2, 0.25) is 11.8 Å². The van der Waals surface area contributed by atoms with E-state index in [1.807, 2.05) is 36.4 Å². The number of carbonyl (C=O) groups excluding carboxylic acids is 4. The molecule has 27 heavy (non-hydrogen) atoms. The standard InChI is InChI=1S/C20H21NO6/c1-26-18(24)20(19(25)27-2)12-14(9-8-13-6-4-3-5-7-13)17(20)21-15(22)10-11-16(21)23/h3-7,9,17H,8,10-12H2,1-2H3/b14-9+. The number of ether oxygens (including phenoxy) is 2. The highest BCUT2D eigenvalue weighted by molar-refractivity contribution is 6.09. The molecule has 1 aromatic carbocycles. The number of benzene rings is 1. The lowest BCUT2D eigenvalue weighted by Gasteiger charge is -2.49. The number of allylic oxidation sites excluding steroid dienone is 1. The Kier molecular flexibility index (Phi) is 5.12. The van der Waals surface area contributed by atoms with Crippen LogP contribution in [0.3, 0.4) is 0 Å². The SMILES string of the molecule is COC(=O)C1(C(=O)OC)C/C(=C\Cc2ccccc2)C1N1C(=O)CCC1=O. The van der Waals surface area contributed by atoms with Crippen molar-refractivity contribution in [2.24, 2.45) is 5.41 Å². The minimum absolute atomic E-state index is 0.0565. The van der Waals surface area contributed by atoms with Gasteiger partial charge in [-0.2, -0.15) is 0 Å². The van der Waals surface area contributed by atoms with Crippen molar-refractivity contribution in [2.75, 3.05) is 14.2 Å². The quantitative estimate of drug-likeness (QED) is 0.336. The number of hydrogen-bond donors (Lipinski definition) is 0. The second-order valence-corrected chi connectivity index (χ2v) is 6.66. The van der Waals surface area contributed by atoms with E-state index in [4.69, 9.17) is 9.47 Å². The normalized spacial score (nSPS) is 22.5. The third-order valence-corrected chi connectivity index (χ3v) is 5.19. The van der Waals surface area contributed by atoms with Gasteiger partial charge in [-0.25, -0.2) is 0 Å². The summed E-state index contributed by atoms with van der Waals surface area (Å²) < 4.78 is 9.67. The summed E-state index contributed by atoms with van der Waals surface area (Å²) in [5, 5.41) is 0. The predicted molar refractivity (Wildman–Crippen MR) is 94.2 cm³/mol. The molecule has 0 aromatic heterocycles. The van der Waals surface area contributed by atoms with Crippen molar-refractivity contribution in [3.63, 3.8) is 0 Å². The van der Waals surface area contributed by atoms with Gasteiger partial charge in [0.25, 0.3) is 0 Å². The van der Waals surface area contributed by atoms with Crippen LogP contribution in [0.5, 0.6) is 0 Å². The first-order valence-electron chi connectivity index (χ1n) is 8.70. The number of rotatable bonds is 5. The maximum Gasteiger partial charge on any atom is 0.326 e. The molecule has 0 bridgehead atoms. The van der Waals surface area contributed by atoms with E-state index in [2.05, 4.69) is 0 Å². The van der Waals surface area contributed by atoms with Gasteiger partial charge in [-0.15, -0.1) is 0 Å². The second-order valence-electron chi connectivity index (χ2n) is 6.66. The second kappa shape index (κ2) is 7.34. The summed E-state index contributed by atoms with van der Waals surface area (Å²) in [6.07, 6.45) is 2.62. The molecule has 2 aliphatic rings. The van der Waals surface area contributed by atoms with E-state index < -0.39 is 35.2 Å². The van der Waals surface area contributed by atoms with Gasteiger partial charge in [0.05, 0.1) is 20.3 Å². The maximum absolute atomic E-state index is 12.5. The van der Waals surface area contributed by atoms with Crippen molar-refractivity contribution in [1.29, 1.82) is 0 Å². The summed E-state index contributed by atoms with van der Waals surface area (Å²) in [5.41, 5.74) is 0.0107. The van der Waals surface area contributed by atoms with Crippen molar-refractivity contribution in [3.8, 4) is 0 Å². The maximum atomic E-state index is 12.5. The predicted octanol–water partition coefficient (Wildman–Crippen LogP) is 1.41. The molecule has 0 radical (unpaired) electrons. The Labute approximate surface area is 156 Å². The Hall–Kier alpha value is -2.96. The number of esters is 2. The van der Waals surface area contributed by atoms with E-state index in [1.165, 1.54) is 14.2 Å². The molecule has 7 heteroatoms. The van der Waals surface area contributed by atoms with Crippen LogP contribution in [0, 0.1) is 5.41 Å². The zero-order valence-electron chi connectivity index (χ0n) is 15.3. The van der Waals surface area contributed by atoms with Crippen molar-refractivity contribution in [2.45, 2.75) is 31.7 Å². The third-order valence-electron chi connectivity index (χ3n) is 5.19. The Balaban J connectivity index is 2.00. The van der Waals surface area contributed by atoms with Crippen molar-refractivity contribution < 1.29 is 28.7 Å². The van der Waals surface area contributed by atoms with Gasteiger partial charge in [-0.3, -0.25) is 24.1 Å². The molecule has 1 aromatic rings. The molecule has 1 aliphatic heterocycles. The van der Waals surface area contributed by atoms with Crippen LogP contribution in [-0.2, 0) is 35.1 Å². The Bertz CT molecular complexity index is 781. The van der Waals surface area contributed by atoms with Gasteiger partial charge in [0.15, 0.2) is 5.41 Å². The number of nitrogens with zero attached hydrogens (tertiary/aromatic N) is 1. The van der Waals surface area contributed by atoms with Gasteiger partial charge in [0.1, 0.15) is 0 Å². The van der Waals surface area contributed by atoms with E-state index in [0.29, 0.717) is 12.0 Å². The molecule has 1 unspecified atom stereocenters. The summed E-state index contributed by atoms with van der Waals surface area (Å²) in [4.78, 5) is 50.7. The summed E-state index contributed by atoms with van der Waals surface area (Å²) >= 11 is 0. The molecule has 3 rings (SSSR count). The Morgan fingerprint density at radius 1 is 1.07 bits per heavy atom. The van der Waals surface area contributed by atoms with Gasteiger partial charge in [-0.1, -0.05) is 36.4 Å². The topological polar surface area (TPSA) is 90.0 Å². The van der Waals surface area contributed by atoms with E-state index in [9.17, 15) is 19.2 Å². The molecule has 0 spiro atoms. The monoisotopic (exact) mass is 371 g/mol. The van der Waals surface area contributed by atoms with Gasteiger partial charge >= 0.3 is 11.9 Å². The molecule has 142 valence electrons. The van der Waals surface area contributed by atoms with Crippen LogP contribution >= 0.6 is 0 Å². The molecule has 7 nitrogen and oxygen atoms in total. The first kappa shape index (κ1) is 18.8. The minimum atomic E-state index is -1.71. The summed E-state index contributed by atoms with van der Waals surface area (Å²) in [7, 11) is 2.34. The fraction of sp³-hybridized carbons (Fsp3) is 0.400. The summed E-state index contributed by atoms with van der Waals surface area (Å²) in [6, 6.07) is 8.63. The Morgan fingerprint density at radius 3 is 2.15 bits per heavy atom. The number of carbonyl (C=O) groups is 4. The molecule has 2 fully saturated rings. The lowest BCUT2D eigenvalue weighted by Crippen LogP contribution is -2.66. The van der Waals surface area contributed by atoms with Gasteiger partial charge in [-0.05, 0) is 24.0 Å². The summed E-state index contributed by atoms with van der Waals surface area (Å²) in [5.74, 6) is -2.40. The Morgan fingerprint density at radius 2 is 1.63 bits per heavy atom. The van der Waals surface area contributed by atoms with Crippen LogP contribution < -0.4 is 0 Å². The number of amides is 2. The lowest BCUT2D eigenvalue weighted by molar-refractivity contribution is -0.180. The molecule has 2 amide bonds.